The van der Waals surface area contributed by atoms with Crippen molar-refractivity contribution in [1.82, 2.24) is 0 Å². The number of benzene rings is 1. The topological polar surface area (TPSA) is 27.0 Å². The van der Waals surface area contributed by atoms with E-state index in [-0.39, 0.29) is 5.92 Å². The molecule has 2 unspecified atom stereocenters. The third-order valence-electron chi connectivity index (χ3n) is 4.44. The first-order valence-corrected chi connectivity index (χ1v) is 7.14. The maximum atomic E-state index is 9.36. The van der Waals surface area contributed by atoms with E-state index in [4.69, 9.17) is 0 Å². The summed E-state index contributed by atoms with van der Waals surface area (Å²) in [5, 5.41) is 9.36. The molecule has 0 aromatic heterocycles. The van der Waals surface area contributed by atoms with Crippen LogP contribution in [0.2, 0.25) is 0 Å². The van der Waals surface area contributed by atoms with Gasteiger partial charge in [0.25, 0.3) is 0 Å². The molecule has 0 spiro atoms. The first-order valence-electron chi connectivity index (χ1n) is 7.14. The van der Waals surface area contributed by atoms with Crippen molar-refractivity contribution in [2.45, 2.75) is 44.6 Å². The summed E-state index contributed by atoms with van der Waals surface area (Å²) < 4.78 is 0. The fourth-order valence-corrected chi connectivity index (χ4v) is 3.54. The van der Waals surface area contributed by atoms with Crippen LogP contribution in [0.25, 0.3) is 0 Å². The lowest BCUT2D eigenvalue weighted by Gasteiger charge is -2.42. The molecular weight excluding hydrogens is 220 g/mol. The number of hydrogen-bond donors (Lipinski definition) is 0. The normalized spacial score (nSPS) is 27.4. The summed E-state index contributed by atoms with van der Waals surface area (Å²) in [5.41, 5.74) is 2.85. The Kier molecular flexibility index (Phi) is 3.23. The Morgan fingerprint density at radius 2 is 1.94 bits per heavy atom. The van der Waals surface area contributed by atoms with E-state index >= 15 is 0 Å². The van der Waals surface area contributed by atoms with Crippen LogP contribution in [0, 0.1) is 17.2 Å². The molecule has 0 radical (unpaired) electrons. The van der Waals surface area contributed by atoms with Crippen molar-refractivity contribution in [2.75, 3.05) is 11.4 Å². The molecule has 2 atom stereocenters. The van der Waals surface area contributed by atoms with E-state index in [1.807, 2.05) is 0 Å². The van der Waals surface area contributed by atoms with Gasteiger partial charge in [0, 0.05) is 18.3 Å². The average molecular weight is 240 g/mol. The minimum absolute atomic E-state index is 0.227. The quantitative estimate of drug-likeness (QED) is 0.751. The van der Waals surface area contributed by atoms with Crippen LogP contribution < -0.4 is 4.90 Å². The lowest BCUT2D eigenvalue weighted by atomic mass is 9.83. The lowest BCUT2D eigenvalue weighted by molar-refractivity contribution is 0.344. The van der Waals surface area contributed by atoms with E-state index in [0.717, 1.165) is 13.0 Å². The largest absolute Gasteiger partial charge is 0.367 e. The van der Waals surface area contributed by atoms with Crippen LogP contribution in [0.15, 0.2) is 24.3 Å². The van der Waals surface area contributed by atoms with Crippen LogP contribution in [0.3, 0.4) is 0 Å². The van der Waals surface area contributed by atoms with Gasteiger partial charge in [-0.1, -0.05) is 31.0 Å². The van der Waals surface area contributed by atoms with E-state index < -0.39 is 0 Å². The first-order chi connectivity index (χ1) is 8.90. The van der Waals surface area contributed by atoms with Crippen molar-refractivity contribution in [3.63, 3.8) is 0 Å². The monoisotopic (exact) mass is 240 g/mol. The van der Waals surface area contributed by atoms with Crippen molar-refractivity contribution in [2.24, 2.45) is 5.92 Å². The zero-order valence-electron chi connectivity index (χ0n) is 10.8. The number of para-hydroxylation sites is 1. The smallest absolute Gasteiger partial charge is 0.0677 e. The molecule has 1 heterocycles. The number of fused-ring (bicyclic) bond motifs is 1. The van der Waals surface area contributed by atoms with Gasteiger partial charge >= 0.3 is 0 Å². The zero-order valence-corrected chi connectivity index (χ0v) is 10.8. The van der Waals surface area contributed by atoms with Gasteiger partial charge in [-0.05, 0) is 37.3 Å². The van der Waals surface area contributed by atoms with E-state index in [9.17, 15) is 5.26 Å². The van der Waals surface area contributed by atoms with Crippen molar-refractivity contribution in [3.8, 4) is 6.07 Å². The summed E-state index contributed by atoms with van der Waals surface area (Å²) in [6, 6.07) is 11.7. The maximum Gasteiger partial charge on any atom is 0.0677 e. The molecule has 0 bridgehead atoms. The van der Waals surface area contributed by atoms with Crippen LogP contribution >= 0.6 is 0 Å². The summed E-state index contributed by atoms with van der Waals surface area (Å²) >= 11 is 0. The number of hydrogen-bond acceptors (Lipinski definition) is 2. The predicted molar refractivity (Wildman–Crippen MR) is 73.5 cm³/mol. The van der Waals surface area contributed by atoms with Crippen molar-refractivity contribution in [3.05, 3.63) is 29.8 Å². The molecular formula is C16H20N2. The molecule has 18 heavy (non-hydrogen) atoms. The number of nitriles is 1. The Morgan fingerprint density at radius 1 is 1.11 bits per heavy atom. The molecule has 1 saturated carbocycles. The Labute approximate surface area is 109 Å². The Balaban J connectivity index is 1.91. The standard InChI is InChI=1S/C16H20N2/c17-12-14-7-2-4-10-16(14)18-11-5-8-13-6-1-3-9-15(13)18/h1,3,6,9,14,16H,2,4-5,7-8,10-11H2. The third-order valence-corrected chi connectivity index (χ3v) is 4.44. The molecule has 1 aromatic carbocycles. The van der Waals surface area contributed by atoms with Crippen molar-refractivity contribution >= 4 is 5.69 Å². The van der Waals surface area contributed by atoms with Gasteiger partial charge in [0.1, 0.15) is 0 Å². The molecule has 3 rings (SSSR count). The van der Waals surface area contributed by atoms with Crippen LogP contribution in [-0.4, -0.2) is 12.6 Å². The fraction of sp³-hybridized carbons (Fsp3) is 0.562. The van der Waals surface area contributed by atoms with Crippen LogP contribution in [0.5, 0.6) is 0 Å². The highest BCUT2D eigenvalue weighted by Crippen LogP contribution is 2.35. The van der Waals surface area contributed by atoms with Crippen LogP contribution in [-0.2, 0) is 6.42 Å². The second-order valence-corrected chi connectivity index (χ2v) is 5.51. The summed E-state index contributed by atoms with van der Waals surface area (Å²) in [5.74, 6) is 0.227. The molecule has 1 aromatic rings. The second kappa shape index (κ2) is 5.02. The molecule has 2 heteroatoms. The van der Waals surface area contributed by atoms with Gasteiger partial charge < -0.3 is 4.90 Å². The van der Waals surface area contributed by atoms with Gasteiger partial charge in [-0.2, -0.15) is 5.26 Å². The highest BCUT2D eigenvalue weighted by atomic mass is 15.2. The molecule has 94 valence electrons. The lowest BCUT2D eigenvalue weighted by Crippen LogP contribution is -2.44. The summed E-state index contributed by atoms with van der Waals surface area (Å²) in [7, 11) is 0. The molecule has 1 aliphatic carbocycles. The Hall–Kier alpha value is -1.49. The number of nitrogens with zero attached hydrogens (tertiary/aromatic N) is 2. The number of rotatable bonds is 1. The van der Waals surface area contributed by atoms with Gasteiger partial charge in [0.05, 0.1) is 12.0 Å². The minimum Gasteiger partial charge on any atom is -0.367 e. The summed E-state index contributed by atoms with van der Waals surface area (Å²) in [4.78, 5) is 2.52. The van der Waals surface area contributed by atoms with Gasteiger partial charge in [-0.25, -0.2) is 0 Å². The Bertz CT molecular complexity index is 460. The highest BCUT2D eigenvalue weighted by Gasteiger charge is 2.32. The number of aryl methyl sites for hydroxylation is 1. The van der Waals surface area contributed by atoms with Gasteiger partial charge in [-0.3, -0.25) is 0 Å². The molecule has 0 N–H and O–H groups in total. The maximum absolute atomic E-state index is 9.36. The summed E-state index contributed by atoms with van der Waals surface area (Å²) in [6.45, 7) is 1.12. The molecule has 1 aliphatic heterocycles. The first kappa shape index (κ1) is 11.6. The van der Waals surface area contributed by atoms with E-state index in [2.05, 4.69) is 35.2 Å². The van der Waals surface area contributed by atoms with E-state index in [1.165, 1.54) is 43.4 Å². The Morgan fingerprint density at radius 3 is 2.83 bits per heavy atom. The predicted octanol–water partition coefficient (Wildman–Crippen LogP) is 3.52. The van der Waals surface area contributed by atoms with Gasteiger partial charge in [0.2, 0.25) is 0 Å². The van der Waals surface area contributed by atoms with Gasteiger partial charge in [-0.15, -0.1) is 0 Å². The zero-order chi connectivity index (χ0) is 12.4. The van der Waals surface area contributed by atoms with Crippen molar-refractivity contribution in [1.29, 1.82) is 5.26 Å². The molecule has 1 fully saturated rings. The molecule has 2 nitrogen and oxygen atoms in total. The summed E-state index contributed by atoms with van der Waals surface area (Å²) in [6.07, 6.45) is 7.19. The number of anilines is 1. The average Bonchev–Trinajstić information content (AvgIpc) is 2.46. The highest BCUT2D eigenvalue weighted by molar-refractivity contribution is 5.56. The fourth-order valence-electron chi connectivity index (χ4n) is 3.54. The minimum atomic E-state index is 0.227. The van der Waals surface area contributed by atoms with E-state index in [0.29, 0.717) is 6.04 Å². The van der Waals surface area contributed by atoms with Crippen LogP contribution in [0.4, 0.5) is 5.69 Å². The van der Waals surface area contributed by atoms with Gasteiger partial charge in [0.15, 0.2) is 0 Å². The van der Waals surface area contributed by atoms with E-state index in [1.54, 1.807) is 0 Å². The SMILES string of the molecule is N#CC1CCCCC1N1CCCc2ccccc21. The second-order valence-electron chi connectivity index (χ2n) is 5.51. The van der Waals surface area contributed by atoms with Crippen LogP contribution in [0.1, 0.15) is 37.7 Å². The third kappa shape index (κ3) is 1.99. The molecule has 0 amide bonds. The molecule has 0 saturated heterocycles. The van der Waals surface area contributed by atoms with Crippen molar-refractivity contribution < 1.29 is 0 Å². The molecule has 2 aliphatic rings.